The van der Waals surface area contributed by atoms with E-state index in [0.29, 0.717) is 16.4 Å². The van der Waals surface area contributed by atoms with Gasteiger partial charge in [-0.1, -0.05) is 35.9 Å². The third kappa shape index (κ3) is 2.72. The van der Waals surface area contributed by atoms with Crippen LogP contribution >= 0.6 is 11.6 Å². The Kier molecular flexibility index (Phi) is 3.93. The number of rotatable bonds is 3. The van der Waals surface area contributed by atoms with Crippen LogP contribution < -0.4 is 0 Å². The van der Waals surface area contributed by atoms with Gasteiger partial charge in [0, 0.05) is 27.7 Å². The highest BCUT2D eigenvalue weighted by molar-refractivity contribution is 6.33. The van der Waals surface area contributed by atoms with E-state index in [9.17, 15) is 14.3 Å². The molecule has 0 fully saturated rings. The molecular formula is C20H12ClFN2O2. The summed E-state index contributed by atoms with van der Waals surface area (Å²) in [5, 5.41) is 10.7. The van der Waals surface area contributed by atoms with Gasteiger partial charge in [0.2, 0.25) is 0 Å². The van der Waals surface area contributed by atoms with E-state index >= 15 is 0 Å². The molecule has 1 N–H and O–H groups in total. The summed E-state index contributed by atoms with van der Waals surface area (Å²) in [7, 11) is 0. The molecule has 6 heteroatoms. The predicted molar refractivity (Wildman–Crippen MR) is 98.4 cm³/mol. The summed E-state index contributed by atoms with van der Waals surface area (Å²) in [6.07, 6.45) is 2.95. The van der Waals surface area contributed by atoms with E-state index in [4.69, 9.17) is 11.6 Å². The average Bonchev–Trinajstić information content (AvgIpc) is 3.01. The number of fused-ring (bicyclic) bond motifs is 1. The molecule has 4 nitrogen and oxygen atoms in total. The largest absolute Gasteiger partial charge is 0.478 e. The summed E-state index contributed by atoms with van der Waals surface area (Å²) in [5.41, 5.74) is 2.47. The maximum absolute atomic E-state index is 13.2. The van der Waals surface area contributed by atoms with Gasteiger partial charge in [-0.15, -0.1) is 0 Å². The lowest BCUT2D eigenvalue weighted by Crippen LogP contribution is -1.99. The molecule has 2 heterocycles. The molecule has 4 aromatic rings. The maximum Gasteiger partial charge on any atom is 0.335 e. The molecule has 0 aliphatic rings. The lowest BCUT2D eigenvalue weighted by Gasteiger charge is -2.04. The fourth-order valence-corrected chi connectivity index (χ4v) is 3.19. The second-order valence-corrected chi connectivity index (χ2v) is 6.17. The minimum atomic E-state index is -1.02. The molecule has 2 aromatic heterocycles. The first-order valence-corrected chi connectivity index (χ1v) is 8.17. The van der Waals surface area contributed by atoms with E-state index in [0.717, 1.165) is 22.7 Å². The number of halogens is 2. The number of aromatic carboxylic acids is 1. The third-order valence-electron chi connectivity index (χ3n) is 4.18. The van der Waals surface area contributed by atoms with E-state index in [1.165, 1.54) is 6.07 Å². The van der Waals surface area contributed by atoms with Crippen LogP contribution in [0, 0.1) is 5.82 Å². The smallest absolute Gasteiger partial charge is 0.335 e. The van der Waals surface area contributed by atoms with Crippen LogP contribution in [-0.4, -0.2) is 20.6 Å². The molecular weight excluding hydrogens is 355 g/mol. The van der Waals surface area contributed by atoms with Gasteiger partial charge in [-0.3, -0.25) is 0 Å². The Hall–Kier alpha value is -3.18. The van der Waals surface area contributed by atoms with Gasteiger partial charge in [-0.25, -0.2) is 14.2 Å². The topological polar surface area (TPSA) is 55.1 Å². The molecule has 0 saturated carbocycles. The monoisotopic (exact) mass is 366 g/mol. The predicted octanol–water partition coefficient (Wildman–Crippen LogP) is 5.18. The van der Waals surface area contributed by atoms with Crippen LogP contribution in [0.25, 0.3) is 27.8 Å². The second-order valence-electron chi connectivity index (χ2n) is 5.76. The van der Waals surface area contributed by atoms with Gasteiger partial charge in [0.1, 0.15) is 11.6 Å². The van der Waals surface area contributed by atoms with Gasteiger partial charge >= 0.3 is 5.97 Å². The summed E-state index contributed by atoms with van der Waals surface area (Å²) < 4.78 is 15.0. The first-order chi connectivity index (χ1) is 12.5. The summed E-state index contributed by atoms with van der Waals surface area (Å²) in [6, 6.07) is 15.1. The number of hydrogen-bond acceptors (Lipinski definition) is 2. The lowest BCUT2D eigenvalue weighted by molar-refractivity contribution is 0.0697. The standard InChI is InChI=1S/C20H12ClFN2O2/c21-17-4-2-1-3-14(17)16-11-24(19-8-6-13(22)10-23-19)18-9-12(20(25)26)5-7-15(16)18/h1-11H,(H,25,26). The molecule has 0 saturated heterocycles. The van der Waals surface area contributed by atoms with Gasteiger partial charge in [-0.05, 0) is 30.3 Å². The zero-order chi connectivity index (χ0) is 18.3. The van der Waals surface area contributed by atoms with Crippen molar-refractivity contribution >= 4 is 28.5 Å². The summed E-state index contributed by atoms with van der Waals surface area (Å²) in [6.45, 7) is 0. The Bertz CT molecular complexity index is 1140. The maximum atomic E-state index is 13.2. The van der Waals surface area contributed by atoms with Crippen LogP contribution in [0.15, 0.2) is 67.0 Å². The van der Waals surface area contributed by atoms with E-state index in [1.807, 2.05) is 24.4 Å². The minimum absolute atomic E-state index is 0.157. The Morgan fingerprint density at radius 2 is 1.88 bits per heavy atom. The molecule has 0 unspecified atom stereocenters. The van der Waals surface area contributed by atoms with Crippen LogP contribution in [0.3, 0.4) is 0 Å². The molecule has 2 aromatic carbocycles. The molecule has 128 valence electrons. The van der Waals surface area contributed by atoms with Gasteiger partial charge in [0.15, 0.2) is 0 Å². The fraction of sp³-hybridized carbons (Fsp3) is 0. The fourth-order valence-electron chi connectivity index (χ4n) is 2.95. The molecule has 0 atom stereocenters. The first kappa shape index (κ1) is 16.3. The van der Waals surface area contributed by atoms with Gasteiger partial charge in [0.25, 0.3) is 0 Å². The normalized spacial score (nSPS) is 11.0. The van der Waals surface area contributed by atoms with Crippen LogP contribution in [0.2, 0.25) is 5.02 Å². The minimum Gasteiger partial charge on any atom is -0.478 e. The highest BCUT2D eigenvalue weighted by Crippen LogP contribution is 2.36. The van der Waals surface area contributed by atoms with Crippen molar-refractivity contribution in [3.05, 3.63) is 83.4 Å². The summed E-state index contributed by atoms with van der Waals surface area (Å²) >= 11 is 6.35. The molecule has 0 amide bonds. The van der Waals surface area contributed by atoms with E-state index < -0.39 is 11.8 Å². The Balaban J connectivity index is 2.04. The third-order valence-corrected chi connectivity index (χ3v) is 4.50. The molecule has 0 aliphatic carbocycles. The number of benzene rings is 2. The van der Waals surface area contributed by atoms with E-state index in [1.54, 1.807) is 34.9 Å². The highest BCUT2D eigenvalue weighted by Gasteiger charge is 2.16. The number of hydrogen-bond donors (Lipinski definition) is 1. The number of pyridine rings is 1. The van der Waals surface area contributed by atoms with Crippen molar-refractivity contribution in [2.24, 2.45) is 0 Å². The Labute approximate surface area is 153 Å². The van der Waals surface area contributed by atoms with Gasteiger partial charge in [0.05, 0.1) is 17.3 Å². The summed E-state index contributed by atoms with van der Waals surface area (Å²) in [4.78, 5) is 15.5. The molecule has 0 spiro atoms. The zero-order valence-corrected chi connectivity index (χ0v) is 14.1. The zero-order valence-electron chi connectivity index (χ0n) is 13.4. The van der Waals surface area contributed by atoms with Crippen molar-refractivity contribution in [2.75, 3.05) is 0 Å². The van der Waals surface area contributed by atoms with Crippen molar-refractivity contribution in [3.63, 3.8) is 0 Å². The molecule has 0 radical (unpaired) electrons. The van der Waals surface area contributed by atoms with Crippen molar-refractivity contribution in [3.8, 4) is 16.9 Å². The van der Waals surface area contributed by atoms with Gasteiger partial charge < -0.3 is 9.67 Å². The molecule has 0 bridgehead atoms. The number of carbonyl (C=O) groups is 1. The average molecular weight is 367 g/mol. The van der Waals surface area contributed by atoms with Crippen LogP contribution in [-0.2, 0) is 0 Å². The van der Waals surface area contributed by atoms with E-state index in [2.05, 4.69) is 4.98 Å². The number of carboxylic acid groups (broad SMARTS) is 1. The van der Waals surface area contributed by atoms with Crippen LogP contribution in [0.1, 0.15) is 10.4 Å². The van der Waals surface area contributed by atoms with Crippen LogP contribution in [0.4, 0.5) is 4.39 Å². The van der Waals surface area contributed by atoms with Crippen molar-refractivity contribution in [1.82, 2.24) is 9.55 Å². The Morgan fingerprint density at radius 3 is 2.58 bits per heavy atom. The number of carboxylic acids is 1. The Morgan fingerprint density at radius 1 is 1.08 bits per heavy atom. The van der Waals surface area contributed by atoms with Crippen molar-refractivity contribution in [2.45, 2.75) is 0 Å². The number of aromatic nitrogens is 2. The van der Waals surface area contributed by atoms with Crippen molar-refractivity contribution < 1.29 is 14.3 Å². The molecule has 26 heavy (non-hydrogen) atoms. The lowest BCUT2D eigenvalue weighted by atomic mass is 10.0. The molecule has 0 aliphatic heterocycles. The number of nitrogens with zero attached hydrogens (tertiary/aromatic N) is 2. The summed E-state index contributed by atoms with van der Waals surface area (Å²) in [5.74, 6) is -0.981. The van der Waals surface area contributed by atoms with Crippen molar-refractivity contribution in [1.29, 1.82) is 0 Å². The van der Waals surface area contributed by atoms with E-state index in [-0.39, 0.29) is 5.56 Å². The first-order valence-electron chi connectivity index (χ1n) is 7.80. The second kappa shape index (κ2) is 6.28. The SMILES string of the molecule is O=C(O)c1ccc2c(-c3ccccc3Cl)cn(-c3ccc(F)cn3)c2c1. The van der Waals surface area contributed by atoms with Crippen LogP contribution in [0.5, 0.6) is 0 Å². The molecule has 4 rings (SSSR count). The van der Waals surface area contributed by atoms with Gasteiger partial charge in [-0.2, -0.15) is 0 Å². The quantitative estimate of drug-likeness (QED) is 0.543. The highest BCUT2D eigenvalue weighted by atomic mass is 35.5.